The second kappa shape index (κ2) is 8.28. The molecule has 0 aromatic carbocycles. The van der Waals surface area contributed by atoms with Crippen LogP contribution in [0.15, 0.2) is 0 Å². The van der Waals surface area contributed by atoms with Crippen molar-refractivity contribution in [2.75, 3.05) is 6.54 Å². The minimum atomic E-state index is -0.468. The van der Waals surface area contributed by atoms with Crippen molar-refractivity contribution >= 4 is 5.91 Å². The molecule has 0 rings (SSSR count). The number of carbonyl (C=O) groups excluding carboxylic acids is 1. The van der Waals surface area contributed by atoms with Crippen LogP contribution in [0.5, 0.6) is 0 Å². The minimum Gasteiger partial charge on any atom is -0.355 e. The maximum absolute atomic E-state index is 11.6. The minimum absolute atomic E-state index is 0.105. The van der Waals surface area contributed by atoms with E-state index >= 15 is 0 Å². The Kier molecular flexibility index (Phi) is 7.71. The van der Waals surface area contributed by atoms with Gasteiger partial charge in [-0.25, -0.2) is 0 Å². The zero-order chi connectivity index (χ0) is 11.7. The van der Waals surface area contributed by atoms with Crippen molar-refractivity contribution in [3.63, 3.8) is 0 Å². The summed E-state index contributed by atoms with van der Waals surface area (Å²) >= 11 is 0. The molecule has 0 fully saturated rings. The number of amides is 1. The molecule has 0 bridgehead atoms. The van der Waals surface area contributed by atoms with Crippen molar-refractivity contribution in [1.82, 2.24) is 5.32 Å². The Morgan fingerprint density at radius 3 is 2.33 bits per heavy atom. The van der Waals surface area contributed by atoms with Gasteiger partial charge < -0.3 is 5.32 Å². The third-order valence-corrected chi connectivity index (χ3v) is 2.77. The Bertz CT molecular complexity index is 216. The molecule has 1 atom stereocenters. The molecule has 1 N–H and O–H groups in total. The summed E-state index contributed by atoms with van der Waals surface area (Å²) in [4.78, 5) is 11.6. The smallest absolute Gasteiger partial charge is 0.237 e. The fraction of sp³-hybridized carbons (Fsp3) is 0.833. The fourth-order valence-corrected chi connectivity index (χ4v) is 1.49. The van der Waals surface area contributed by atoms with Gasteiger partial charge in [0.25, 0.3) is 0 Å². The molecule has 0 saturated heterocycles. The SMILES string of the molecule is CCCC(C#N)C(=O)NCC(CC)CC. The summed E-state index contributed by atoms with van der Waals surface area (Å²) in [5.74, 6) is -0.0365. The molecule has 86 valence electrons. The molecular formula is C12H22N2O. The van der Waals surface area contributed by atoms with Crippen LogP contribution < -0.4 is 5.32 Å². The highest BCUT2D eigenvalue weighted by molar-refractivity contribution is 5.80. The van der Waals surface area contributed by atoms with E-state index in [9.17, 15) is 4.79 Å². The van der Waals surface area contributed by atoms with E-state index in [4.69, 9.17) is 5.26 Å². The molecule has 0 heterocycles. The highest BCUT2D eigenvalue weighted by Gasteiger charge is 2.16. The Labute approximate surface area is 92.9 Å². The lowest BCUT2D eigenvalue weighted by Crippen LogP contribution is -2.33. The molecular weight excluding hydrogens is 188 g/mol. The van der Waals surface area contributed by atoms with E-state index in [1.165, 1.54) is 0 Å². The van der Waals surface area contributed by atoms with Crippen LogP contribution in [-0.2, 0) is 4.79 Å². The molecule has 3 heteroatoms. The van der Waals surface area contributed by atoms with Gasteiger partial charge in [0.15, 0.2) is 0 Å². The number of carbonyl (C=O) groups is 1. The van der Waals surface area contributed by atoms with E-state index in [2.05, 4.69) is 25.2 Å². The lowest BCUT2D eigenvalue weighted by atomic mass is 10.0. The van der Waals surface area contributed by atoms with E-state index in [1.807, 2.05) is 6.92 Å². The molecule has 15 heavy (non-hydrogen) atoms. The molecule has 3 nitrogen and oxygen atoms in total. The number of hydrogen-bond donors (Lipinski definition) is 1. The lowest BCUT2D eigenvalue weighted by Gasteiger charge is -2.14. The van der Waals surface area contributed by atoms with Crippen LogP contribution >= 0.6 is 0 Å². The van der Waals surface area contributed by atoms with Gasteiger partial charge >= 0.3 is 0 Å². The number of nitriles is 1. The Hall–Kier alpha value is -1.04. The topological polar surface area (TPSA) is 52.9 Å². The summed E-state index contributed by atoms with van der Waals surface area (Å²) in [5, 5.41) is 11.7. The Balaban J connectivity index is 3.96. The molecule has 0 aliphatic heterocycles. The van der Waals surface area contributed by atoms with Crippen LogP contribution in [0.3, 0.4) is 0 Å². The van der Waals surface area contributed by atoms with Crippen LogP contribution in [0.2, 0.25) is 0 Å². The summed E-state index contributed by atoms with van der Waals surface area (Å²) in [7, 11) is 0. The maximum atomic E-state index is 11.6. The third kappa shape index (κ3) is 5.41. The van der Waals surface area contributed by atoms with Crippen LogP contribution in [0, 0.1) is 23.2 Å². The standard InChI is InChI=1S/C12H22N2O/c1-4-7-11(8-13)12(15)14-9-10(5-2)6-3/h10-11H,4-7,9H2,1-3H3,(H,14,15). The van der Waals surface area contributed by atoms with Gasteiger partial charge in [-0.05, 0) is 12.3 Å². The van der Waals surface area contributed by atoms with Gasteiger partial charge in [0.2, 0.25) is 5.91 Å². The average molecular weight is 210 g/mol. The highest BCUT2D eigenvalue weighted by atomic mass is 16.1. The average Bonchev–Trinajstić information content (AvgIpc) is 2.26. The molecule has 0 aliphatic rings. The van der Waals surface area contributed by atoms with Crippen molar-refractivity contribution in [2.45, 2.75) is 46.5 Å². The summed E-state index contributed by atoms with van der Waals surface area (Å²) < 4.78 is 0. The third-order valence-electron chi connectivity index (χ3n) is 2.77. The molecule has 0 aromatic rings. The number of nitrogens with one attached hydrogen (secondary N) is 1. The molecule has 0 saturated carbocycles. The normalized spacial score (nSPS) is 12.2. The first-order valence-electron chi connectivity index (χ1n) is 5.86. The van der Waals surface area contributed by atoms with Gasteiger partial charge in [-0.15, -0.1) is 0 Å². The quantitative estimate of drug-likeness (QED) is 0.701. The zero-order valence-electron chi connectivity index (χ0n) is 10.0. The highest BCUT2D eigenvalue weighted by Crippen LogP contribution is 2.08. The number of hydrogen-bond acceptors (Lipinski definition) is 2. The predicted octanol–water partition coefficient (Wildman–Crippen LogP) is 2.48. The van der Waals surface area contributed by atoms with Crippen molar-refractivity contribution in [2.24, 2.45) is 11.8 Å². The van der Waals surface area contributed by atoms with E-state index in [1.54, 1.807) is 0 Å². The Morgan fingerprint density at radius 2 is 1.93 bits per heavy atom. The van der Waals surface area contributed by atoms with E-state index in [0.717, 1.165) is 19.3 Å². The predicted molar refractivity (Wildman–Crippen MR) is 61.1 cm³/mol. The van der Waals surface area contributed by atoms with E-state index < -0.39 is 5.92 Å². The summed E-state index contributed by atoms with van der Waals surface area (Å²) in [6.45, 7) is 6.93. The van der Waals surface area contributed by atoms with Crippen LogP contribution in [0.25, 0.3) is 0 Å². The van der Waals surface area contributed by atoms with Crippen molar-refractivity contribution in [1.29, 1.82) is 5.26 Å². The zero-order valence-corrected chi connectivity index (χ0v) is 10.0. The fourth-order valence-electron chi connectivity index (χ4n) is 1.49. The molecule has 0 aromatic heterocycles. The second-order valence-electron chi connectivity index (χ2n) is 3.90. The van der Waals surface area contributed by atoms with Crippen LogP contribution in [-0.4, -0.2) is 12.5 Å². The van der Waals surface area contributed by atoms with Gasteiger partial charge in [-0.1, -0.05) is 40.0 Å². The molecule has 0 spiro atoms. The monoisotopic (exact) mass is 210 g/mol. The molecule has 0 radical (unpaired) electrons. The van der Waals surface area contributed by atoms with Gasteiger partial charge in [-0.2, -0.15) is 5.26 Å². The van der Waals surface area contributed by atoms with Crippen LogP contribution in [0.1, 0.15) is 46.5 Å². The van der Waals surface area contributed by atoms with E-state index in [-0.39, 0.29) is 5.91 Å². The largest absolute Gasteiger partial charge is 0.355 e. The van der Waals surface area contributed by atoms with E-state index in [0.29, 0.717) is 18.9 Å². The maximum Gasteiger partial charge on any atom is 0.237 e. The number of rotatable bonds is 7. The first kappa shape index (κ1) is 14.0. The van der Waals surface area contributed by atoms with Gasteiger partial charge in [-0.3, -0.25) is 4.79 Å². The first-order chi connectivity index (χ1) is 7.19. The van der Waals surface area contributed by atoms with Gasteiger partial charge in [0, 0.05) is 6.54 Å². The van der Waals surface area contributed by atoms with Gasteiger partial charge in [0.1, 0.15) is 5.92 Å². The van der Waals surface area contributed by atoms with Gasteiger partial charge in [0.05, 0.1) is 6.07 Å². The second-order valence-corrected chi connectivity index (χ2v) is 3.90. The molecule has 1 unspecified atom stereocenters. The summed E-state index contributed by atoms with van der Waals surface area (Å²) in [6, 6.07) is 2.05. The Morgan fingerprint density at radius 1 is 1.33 bits per heavy atom. The molecule has 1 amide bonds. The summed E-state index contributed by atoms with van der Waals surface area (Å²) in [5.41, 5.74) is 0. The van der Waals surface area contributed by atoms with Crippen LogP contribution in [0.4, 0.5) is 0 Å². The van der Waals surface area contributed by atoms with Crippen molar-refractivity contribution in [3.8, 4) is 6.07 Å². The lowest BCUT2D eigenvalue weighted by molar-refractivity contribution is -0.123. The first-order valence-corrected chi connectivity index (χ1v) is 5.86. The molecule has 0 aliphatic carbocycles. The van der Waals surface area contributed by atoms with Crippen molar-refractivity contribution in [3.05, 3.63) is 0 Å². The number of nitrogens with zero attached hydrogens (tertiary/aromatic N) is 1. The van der Waals surface area contributed by atoms with Crippen molar-refractivity contribution < 1.29 is 4.79 Å². The summed E-state index contributed by atoms with van der Waals surface area (Å²) in [6.07, 6.45) is 3.67.